The molecule has 23 heavy (non-hydrogen) atoms. The van der Waals surface area contributed by atoms with Crippen LogP contribution in [0, 0.1) is 0 Å². The first-order valence-electron chi connectivity index (χ1n) is 6.66. The summed E-state index contributed by atoms with van der Waals surface area (Å²) in [4.78, 5) is 12.6. The summed E-state index contributed by atoms with van der Waals surface area (Å²) < 4.78 is 4.69. The van der Waals surface area contributed by atoms with Gasteiger partial charge in [-0.2, -0.15) is 0 Å². The molecule has 6 heteroatoms. The van der Waals surface area contributed by atoms with Gasteiger partial charge in [-0.25, -0.2) is 4.79 Å². The Morgan fingerprint density at radius 1 is 1.17 bits per heavy atom. The Labute approximate surface area is 148 Å². The van der Waals surface area contributed by atoms with Crippen molar-refractivity contribution in [2.45, 2.75) is 10.6 Å². The Bertz CT molecular complexity index is 724. The van der Waals surface area contributed by atoms with Gasteiger partial charge in [-0.3, -0.25) is 0 Å². The highest BCUT2D eigenvalue weighted by molar-refractivity contribution is 7.98. The Morgan fingerprint density at radius 3 is 2.43 bits per heavy atom. The zero-order valence-corrected chi connectivity index (χ0v) is 14.6. The zero-order chi connectivity index (χ0) is 16.8. The van der Waals surface area contributed by atoms with Crippen LogP contribution in [-0.2, 0) is 15.3 Å². The number of esters is 1. The highest BCUT2D eigenvalue weighted by atomic mass is 35.5. The highest BCUT2D eigenvalue weighted by Gasteiger charge is 2.17. The van der Waals surface area contributed by atoms with Gasteiger partial charge in [-0.15, -0.1) is 11.8 Å². The molecule has 0 atom stereocenters. The molecule has 0 aliphatic carbocycles. The minimum Gasteiger partial charge on any atom is -0.515 e. The molecule has 0 saturated heterocycles. The van der Waals surface area contributed by atoms with Crippen molar-refractivity contribution in [3.8, 4) is 0 Å². The van der Waals surface area contributed by atoms with Crippen LogP contribution < -0.4 is 0 Å². The molecule has 0 aliphatic rings. The monoisotopic (exact) mass is 368 g/mol. The second-order valence-electron chi connectivity index (χ2n) is 4.52. The topological polar surface area (TPSA) is 46.5 Å². The van der Waals surface area contributed by atoms with E-state index in [0.717, 1.165) is 16.7 Å². The quantitative estimate of drug-likeness (QED) is 0.334. The van der Waals surface area contributed by atoms with Crippen molar-refractivity contribution in [1.82, 2.24) is 0 Å². The maximum atomic E-state index is 11.8. The van der Waals surface area contributed by atoms with E-state index in [4.69, 9.17) is 27.9 Å². The lowest BCUT2D eigenvalue weighted by atomic mass is 10.1. The molecule has 1 N–H and O–H groups in total. The molecule has 0 unspecified atom stereocenters. The van der Waals surface area contributed by atoms with Gasteiger partial charge in [0.15, 0.2) is 0 Å². The molecule has 0 saturated carbocycles. The molecule has 0 amide bonds. The zero-order valence-electron chi connectivity index (χ0n) is 12.3. The van der Waals surface area contributed by atoms with Crippen LogP contribution in [-0.4, -0.2) is 18.2 Å². The average Bonchev–Trinajstić information content (AvgIpc) is 2.56. The van der Waals surface area contributed by atoms with Crippen LogP contribution in [0.2, 0.25) is 10.0 Å². The maximum Gasteiger partial charge on any atom is 0.341 e. The molecule has 2 rings (SSSR count). The average molecular weight is 369 g/mol. The number of carbonyl (C=O) groups is 1. The van der Waals surface area contributed by atoms with Gasteiger partial charge in [0.05, 0.1) is 13.4 Å². The SMILES string of the molecule is COC(=O)/C(=C/O)c1ccccc1SCc1c(Cl)cccc1Cl. The first kappa shape index (κ1) is 17.7. The number of ether oxygens (including phenoxy) is 1. The maximum absolute atomic E-state index is 11.8. The minimum absolute atomic E-state index is 0.0980. The number of halogens is 2. The fourth-order valence-electron chi connectivity index (χ4n) is 1.98. The summed E-state index contributed by atoms with van der Waals surface area (Å²) >= 11 is 13.8. The number of aliphatic hydroxyl groups excluding tert-OH is 1. The van der Waals surface area contributed by atoms with Gasteiger partial charge >= 0.3 is 5.97 Å². The molecular weight excluding hydrogens is 355 g/mol. The van der Waals surface area contributed by atoms with Gasteiger partial charge in [-0.05, 0) is 23.8 Å². The van der Waals surface area contributed by atoms with Crippen molar-refractivity contribution in [2.75, 3.05) is 7.11 Å². The molecule has 0 aliphatic heterocycles. The number of methoxy groups -OCH3 is 1. The molecule has 120 valence electrons. The number of hydrogen-bond donors (Lipinski definition) is 1. The van der Waals surface area contributed by atoms with Crippen LogP contribution in [0.15, 0.2) is 53.6 Å². The molecule has 0 radical (unpaired) electrons. The van der Waals surface area contributed by atoms with E-state index < -0.39 is 5.97 Å². The number of benzene rings is 2. The second-order valence-corrected chi connectivity index (χ2v) is 6.35. The van der Waals surface area contributed by atoms with E-state index >= 15 is 0 Å². The molecule has 2 aromatic rings. The Morgan fingerprint density at radius 2 is 1.83 bits per heavy atom. The number of hydrogen-bond acceptors (Lipinski definition) is 4. The first-order chi connectivity index (χ1) is 11.1. The molecule has 0 fully saturated rings. The van der Waals surface area contributed by atoms with Crippen LogP contribution in [0.1, 0.15) is 11.1 Å². The number of carbonyl (C=O) groups excluding carboxylic acids is 1. The highest BCUT2D eigenvalue weighted by Crippen LogP contribution is 2.35. The molecule has 0 aromatic heterocycles. The molecule has 0 heterocycles. The van der Waals surface area contributed by atoms with E-state index in [9.17, 15) is 9.90 Å². The van der Waals surface area contributed by atoms with E-state index in [0.29, 0.717) is 21.4 Å². The largest absolute Gasteiger partial charge is 0.515 e. The van der Waals surface area contributed by atoms with Gasteiger partial charge in [0, 0.05) is 26.3 Å². The van der Waals surface area contributed by atoms with Crippen LogP contribution in [0.5, 0.6) is 0 Å². The van der Waals surface area contributed by atoms with Gasteiger partial charge in [0.25, 0.3) is 0 Å². The van der Waals surface area contributed by atoms with Gasteiger partial charge in [0.1, 0.15) is 5.57 Å². The Hall–Kier alpha value is -1.62. The Balaban J connectivity index is 2.30. The summed E-state index contributed by atoms with van der Waals surface area (Å²) in [5.41, 5.74) is 1.51. The second kappa shape index (κ2) is 8.29. The number of aliphatic hydroxyl groups is 1. The Kier molecular flexibility index (Phi) is 6.39. The molecule has 0 spiro atoms. The van der Waals surface area contributed by atoms with Gasteiger partial charge in [0.2, 0.25) is 0 Å². The van der Waals surface area contributed by atoms with Crippen LogP contribution in [0.3, 0.4) is 0 Å². The predicted molar refractivity (Wildman–Crippen MR) is 95.1 cm³/mol. The van der Waals surface area contributed by atoms with E-state index in [1.54, 1.807) is 30.3 Å². The minimum atomic E-state index is -0.601. The fourth-order valence-corrected chi connectivity index (χ4v) is 3.79. The van der Waals surface area contributed by atoms with Crippen LogP contribution in [0.25, 0.3) is 5.57 Å². The molecule has 2 aromatic carbocycles. The van der Waals surface area contributed by atoms with Crippen molar-refractivity contribution < 1.29 is 14.6 Å². The first-order valence-corrected chi connectivity index (χ1v) is 8.40. The summed E-state index contributed by atoms with van der Waals surface area (Å²) in [5, 5.41) is 10.5. The fraction of sp³-hybridized carbons (Fsp3) is 0.118. The van der Waals surface area contributed by atoms with Crippen molar-refractivity contribution in [1.29, 1.82) is 0 Å². The summed E-state index contributed by atoms with van der Waals surface area (Å²) in [6.07, 6.45) is 0.758. The third kappa shape index (κ3) is 4.22. The lowest BCUT2D eigenvalue weighted by Crippen LogP contribution is -2.05. The molecule has 0 bridgehead atoms. The van der Waals surface area contributed by atoms with E-state index in [2.05, 4.69) is 0 Å². The lowest BCUT2D eigenvalue weighted by Gasteiger charge is -2.11. The van der Waals surface area contributed by atoms with Gasteiger partial charge < -0.3 is 9.84 Å². The van der Waals surface area contributed by atoms with E-state index in [1.807, 2.05) is 12.1 Å². The van der Waals surface area contributed by atoms with E-state index in [1.165, 1.54) is 18.9 Å². The van der Waals surface area contributed by atoms with E-state index in [-0.39, 0.29) is 5.57 Å². The smallest absolute Gasteiger partial charge is 0.341 e. The normalized spacial score (nSPS) is 11.3. The number of rotatable bonds is 5. The predicted octanol–water partition coefficient (Wildman–Crippen LogP) is 5.36. The van der Waals surface area contributed by atoms with Crippen molar-refractivity contribution >= 4 is 46.5 Å². The lowest BCUT2D eigenvalue weighted by molar-refractivity contribution is -0.133. The van der Waals surface area contributed by atoms with Crippen molar-refractivity contribution in [2.24, 2.45) is 0 Å². The molecule has 3 nitrogen and oxygen atoms in total. The third-order valence-corrected chi connectivity index (χ3v) is 4.95. The third-order valence-electron chi connectivity index (χ3n) is 3.15. The number of thioether (sulfide) groups is 1. The van der Waals surface area contributed by atoms with Gasteiger partial charge in [-0.1, -0.05) is 47.5 Å². The molecular formula is C17H14Cl2O3S. The van der Waals surface area contributed by atoms with Crippen LogP contribution in [0.4, 0.5) is 0 Å². The standard InChI is InChI=1S/C17H14Cl2O3S/c1-22-17(21)12(9-20)11-5-2-3-8-16(11)23-10-13-14(18)6-4-7-15(13)19/h2-9,20H,10H2,1H3/b12-9+. The summed E-state index contributed by atoms with van der Waals surface area (Å²) in [6.45, 7) is 0. The van der Waals surface area contributed by atoms with Crippen molar-refractivity contribution in [3.05, 3.63) is 69.9 Å². The summed E-state index contributed by atoms with van der Waals surface area (Å²) in [5.74, 6) is -0.0635. The summed E-state index contributed by atoms with van der Waals surface area (Å²) in [6, 6.07) is 12.6. The van der Waals surface area contributed by atoms with Crippen LogP contribution >= 0.6 is 35.0 Å². The van der Waals surface area contributed by atoms with Crippen molar-refractivity contribution in [3.63, 3.8) is 0 Å². The summed E-state index contributed by atoms with van der Waals surface area (Å²) in [7, 11) is 1.27.